The zero-order valence-electron chi connectivity index (χ0n) is 16.7. The lowest BCUT2D eigenvalue weighted by Gasteiger charge is -2.26. The number of benzene rings is 1. The van der Waals surface area contributed by atoms with Gasteiger partial charge < -0.3 is 20.1 Å². The minimum Gasteiger partial charge on any atom is -0.492 e. The second-order valence-corrected chi connectivity index (χ2v) is 7.51. The van der Waals surface area contributed by atoms with Crippen molar-refractivity contribution in [3.63, 3.8) is 0 Å². The number of rotatable bonds is 7. The highest BCUT2D eigenvalue weighted by molar-refractivity contribution is 5.79. The van der Waals surface area contributed by atoms with Gasteiger partial charge in [-0.3, -0.25) is 9.89 Å². The van der Waals surface area contributed by atoms with Crippen LogP contribution in [0, 0.1) is 0 Å². The van der Waals surface area contributed by atoms with E-state index in [-0.39, 0.29) is 5.41 Å². The van der Waals surface area contributed by atoms with Crippen LogP contribution in [0.25, 0.3) is 0 Å². The number of nitrogens with one attached hydrogen (secondary N) is 2. The van der Waals surface area contributed by atoms with Crippen molar-refractivity contribution in [2.24, 2.45) is 4.99 Å². The summed E-state index contributed by atoms with van der Waals surface area (Å²) in [6.45, 7) is 13.5. The zero-order valence-corrected chi connectivity index (χ0v) is 16.7. The molecule has 1 aromatic rings. The summed E-state index contributed by atoms with van der Waals surface area (Å²) in [7, 11) is 1.79. The predicted molar refractivity (Wildman–Crippen MR) is 107 cm³/mol. The molecule has 1 aliphatic heterocycles. The third kappa shape index (κ3) is 7.22. The van der Waals surface area contributed by atoms with E-state index >= 15 is 0 Å². The molecule has 1 fully saturated rings. The van der Waals surface area contributed by atoms with Crippen LogP contribution in [0.1, 0.15) is 26.3 Å². The summed E-state index contributed by atoms with van der Waals surface area (Å²) >= 11 is 0. The maximum absolute atomic E-state index is 5.87. The van der Waals surface area contributed by atoms with Crippen molar-refractivity contribution in [3.8, 4) is 5.75 Å². The Morgan fingerprint density at radius 2 is 1.92 bits per heavy atom. The van der Waals surface area contributed by atoms with Gasteiger partial charge in [0.15, 0.2) is 5.96 Å². The molecule has 1 aromatic carbocycles. The van der Waals surface area contributed by atoms with Crippen molar-refractivity contribution in [2.45, 2.75) is 26.2 Å². The molecule has 0 amide bonds. The Kier molecular flexibility index (Phi) is 8.19. The summed E-state index contributed by atoms with van der Waals surface area (Å²) in [5, 5.41) is 6.64. The number of nitrogens with zero attached hydrogens (tertiary/aromatic N) is 2. The summed E-state index contributed by atoms with van der Waals surface area (Å²) in [6.07, 6.45) is 0. The molecule has 0 atom stereocenters. The minimum atomic E-state index is 0.129. The molecule has 2 rings (SSSR count). The van der Waals surface area contributed by atoms with Crippen LogP contribution in [0.2, 0.25) is 0 Å². The van der Waals surface area contributed by atoms with Gasteiger partial charge in [0.1, 0.15) is 12.4 Å². The fourth-order valence-corrected chi connectivity index (χ4v) is 2.77. The van der Waals surface area contributed by atoms with Crippen LogP contribution in [-0.2, 0) is 10.2 Å². The van der Waals surface area contributed by atoms with Crippen molar-refractivity contribution in [3.05, 3.63) is 29.8 Å². The van der Waals surface area contributed by atoms with Gasteiger partial charge in [0.05, 0.1) is 19.8 Å². The first-order valence-corrected chi connectivity index (χ1v) is 9.47. The molecule has 6 heteroatoms. The van der Waals surface area contributed by atoms with Gasteiger partial charge >= 0.3 is 0 Å². The molecule has 146 valence electrons. The minimum absolute atomic E-state index is 0.129. The number of morpholine rings is 1. The number of hydrogen-bond acceptors (Lipinski definition) is 4. The van der Waals surface area contributed by atoms with Gasteiger partial charge in [0, 0.05) is 33.2 Å². The molecule has 2 N–H and O–H groups in total. The molecule has 0 spiro atoms. The summed E-state index contributed by atoms with van der Waals surface area (Å²) in [5.74, 6) is 1.72. The number of ether oxygens (including phenoxy) is 2. The van der Waals surface area contributed by atoms with Crippen LogP contribution < -0.4 is 15.4 Å². The molecule has 1 heterocycles. The van der Waals surface area contributed by atoms with Crippen LogP contribution in [-0.4, -0.2) is 70.5 Å². The Balaban J connectivity index is 1.64. The van der Waals surface area contributed by atoms with Crippen molar-refractivity contribution in [1.29, 1.82) is 0 Å². The van der Waals surface area contributed by atoms with E-state index in [1.807, 2.05) is 6.07 Å². The third-order valence-corrected chi connectivity index (χ3v) is 4.41. The lowest BCUT2D eigenvalue weighted by atomic mass is 9.87. The highest BCUT2D eigenvalue weighted by Crippen LogP contribution is 2.25. The quantitative estimate of drug-likeness (QED) is 0.440. The van der Waals surface area contributed by atoms with E-state index in [1.54, 1.807) is 7.05 Å². The maximum atomic E-state index is 5.87. The average molecular weight is 363 g/mol. The first-order valence-electron chi connectivity index (χ1n) is 9.47. The van der Waals surface area contributed by atoms with Crippen molar-refractivity contribution >= 4 is 5.96 Å². The van der Waals surface area contributed by atoms with Gasteiger partial charge in [0.2, 0.25) is 0 Å². The normalized spacial score (nSPS) is 16.4. The molecule has 0 bridgehead atoms. The molecule has 0 saturated carbocycles. The highest BCUT2D eigenvalue weighted by atomic mass is 16.5. The Morgan fingerprint density at radius 1 is 1.19 bits per heavy atom. The van der Waals surface area contributed by atoms with Gasteiger partial charge in [-0.05, 0) is 23.1 Å². The van der Waals surface area contributed by atoms with Gasteiger partial charge in [0.25, 0.3) is 0 Å². The highest BCUT2D eigenvalue weighted by Gasteiger charge is 2.14. The molecule has 6 nitrogen and oxygen atoms in total. The maximum Gasteiger partial charge on any atom is 0.191 e. The van der Waals surface area contributed by atoms with Crippen LogP contribution in [0.4, 0.5) is 0 Å². The Morgan fingerprint density at radius 3 is 2.62 bits per heavy atom. The summed E-state index contributed by atoms with van der Waals surface area (Å²) in [5.41, 5.74) is 1.41. The topological polar surface area (TPSA) is 58.1 Å². The van der Waals surface area contributed by atoms with E-state index in [0.29, 0.717) is 13.2 Å². The van der Waals surface area contributed by atoms with E-state index in [0.717, 1.165) is 51.1 Å². The number of aliphatic imine (C=N–C) groups is 1. The molecule has 0 aromatic heterocycles. The molecule has 0 aliphatic carbocycles. The van der Waals surface area contributed by atoms with Gasteiger partial charge in [-0.2, -0.15) is 0 Å². The van der Waals surface area contributed by atoms with Gasteiger partial charge in [-0.15, -0.1) is 0 Å². The first kappa shape index (κ1) is 20.5. The third-order valence-electron chi connectivity index (χ3n) is 4.41. The summed E-state index contributed by atoms with van der Waals surface area (Å²) in [4.78, 5) is 6.66. The zero-order chi connectivity index (χ0) is 18.8. The summed E-state index contributed by atoms with van der Waals surface area (Å²) < 4.78 is 11.2. The SMILES string of the molecule is CN=C(NCCOc1cccc(C(C)(C)C)c1)NCCN1CCOCC1. The largest absolute Gasteiger partial charge is 0.492 e. The lowest BCUT2D eigenvalue weighted by molar-refractivity contribution is 0.0389. The van der Waals surface area contributed by atoms with E-state index in [2.05, 4.69) is 59.5 Å². The van der Waals surface area contributed by atoms with Crippen molar-refractivity contribution < 1.29 is 9.47 Å². The molecular weight excluding hydrogens is 328 g/mol. The Labute approximate surface area is 158 Å². The van der Waals surface area contributed by atoms with E-state index in [9.17, 15) is 0 Å². The van der Waals surface area contributed by atoms with E-state index < -0.39 is 0 Å². The van der Waals surface area contributed by atoms with Crippen LogP contribution >= 0.6 is 0 Å². The number of guanidine groups is 1. The van der Waals surface area contributed by atoms with Crippen molar-refractivity contribution in [1.82, 2.24) is 15.5 Å². The monoisotopic (exact) mass is 362 g/mol. The van der Waals surface area contributed by atoms with E-state index in [1.165, 1.54) is 5.56 Å². The van der Waals surface area contributed by atoms with Crippen LogP contribution in [0.5, 0.6) is 5.75 Å². The average Bonchev–Trinajstić information content (AvgIpc) is 2.64. The second kappa shape index (κ2) is 10.4. The smallest absolute Gasteiger partial charge is 0.191 e. The fraction of sp³-hybridized carbons (Fsp3) is 0.650. The van der Waals surface area contributed by atoms with Crippen LogP contribution in [0.15, 0.2) is 29.3 Å². The first-order chi connectivity index (χ1) is 12.5. The second-order valence-electron chi connectivity index (χ2n) is 7.51. The molecule has 1 aliphatic rings. The molecule has 0 radical (unpaired) electrons. The molecule has 1 saturated heterocycles. The molecule has 0 unspecified atom stereocenters. The number of hydrogen-bond donors (Lipinski definition) is 2. The predicted octanol–water partition coefficient (Wildman–Crippen LogP) is 1.86. The standard InChI is InChI=1S/C20H34N4O2/c1-20(2,3)17-6-5-7-18(16-17)26-13-9-23-19(21-4)22-8-10-24-11-14-25-15-12-24/h5-7,16H,8-15H2,1-4H3,(H2,21,22,23). The Bertz CT molecular complexity index is 563. The van der Waals surface area contributed by atoms with Crippen molar-refractivity contribution in [2.75, 3.05) is 59.6 Å². The van der Waals surface area contributed by atoms with Gasteiger partial charge in [-0.25, -0.2) is 0 Å². The van der Waals surface area contributed by atoms with Crippen LogP contribution in [0.3, 0.4) is 0 Å². The lowest BCUT2D eigenvalue weighted by Crippen LogP contribution is -2.45. The Hall–Kier alpha value is -1.79. The fourth-order valence-electron chi connectivity index (χ4n) is 2.77. The van der Waals surface area contributed by atoms with E-state index in [4.69, 9.17) is 9.47 Å². The molecule has 26 heavy (non-hydrogen) atoms. The van der Waals surface area contributed by atoms with Gasteiger partial charge in [-0.1, -0.05) is 32.9 Å². The summed E-state index contributed by atoms with van der Waals surface area (Å²) in [6, 6.07) is 8.32. The molecular formula is C20H34N4O2.